The number of piperazine rings is 1. The van der Waals surface area contributed by atoms with Crippen LogP contribution in [0.5, 0.6) is 0 Å². The van der Waals surface area contributed by atoms with E-state index in [1.165, 1.54) is 0 Å². The first-order chi connectivity index (χ1) is 17.1. The number of halogens is 3. The number of nitrogens with zero attached hydrogens (tertiary/aromatic N) is 6. The number of benzene rings is 1. The van der Waals surface area contributed by atoms with Crippen LogP contribution in [-0.2, 0) is 17.3 Å². The summed E-state index contributed by atoms with van der Waals surface area (Å²) >= 11 is 0. The van der Waals surface area contributed by atoms with Crippen LogP contribution in [0.2, 0.25) is 0 Å². The molecule has 1 aromatic carbocycles. The van der Waals surface area contributed by atoms with Crippen LogP contribution in [0.3, 0.4) is 0 Å². The summed E-state index contributed by atoms with van der Waals surface area (Å²) in [6, 6.07) is 9.84. The van der Waals surface area contributed by atoms with Crippen molar-refractivity contribution in [2.24, 2.45) is 0 Å². The third-order valence-corrected chi connectivity index (χ3v) is 6.44. The number of anilines is 2. The molecule has 0 spiro atoms. The fraction of sp³-hybridized carbons (Fsp3) is 0.400. The molecule has 1 atom stereocenters. The average Bonchev–Trinajstić information content (AvgIpc) is 2.86. The largest absolute Gasteiger partial charge is 0.465 e. The first-order valence-electron chi connectivity index (χ1n) is 11.5. The number of alkyl halides is 3. The van der Waals surface area contributed by atoms with Crippen LogP contribution in [0.1, 0.15) is 45.4 Å². The highest BCUT2D eigenvalue weighted by Gasteiger charge is 2.39. The van der Waals surface area contributed by atoms with Gasteiger partial charge < -0.3 is 14.5 Å². The number of ether oxygens (including phenoxy) is 1. The highest BCUT2D eigenvalue weighted by atomic mass is 19.4. The van der Waals surface area contributed by atoms with E-state index >= 15 is 0 Å². The molecule has 0 radical (unpaired) electrons. The number of carbonyl (C=O) groups excluding carboxylic acids is 1. The average molecular weight is 501 g/mol. The summed E-state index contributed by atoms with van der Waals surface area (Å²) in [5.74, 6) is -0.458. The van der Waals surface area contributed by atoms with Gasteiger partial charge in [0.05, 0.1) is 12.8 Å². The zero-order valence-electron chi connectivity index (χ0n) is 20.5. The van der Waals surface area contributed by atoms with E-state index in [0.717, 1.165) is 41.5 Å². The summed E-state index contributed by atoms with van der Waals surface area (Å²) in [7, 11) is 1.01. The molecule has 0 aliphatic carbocycles. The third kappa shape index (κ3) is 5.09. The third-order valence-electron chi connectivity index (χ3n) is 6.44. The van der Waals surface area contributed by atoms with Crippen molar-refractivity contribution >= 4 is 17.7 Å². The van der Waals surface area contributed by atoms with Gasteiger partial charge in [-0.25, -0.2) is 14.8 Å². The zero-order valence-corrected chi connectivity index (χ0v) is 20.5. The molecule has 3 aromatic rings. The Labute approximate surface area is 207 Å². The minimum Gasteiger partial charge on any atom is -0.465 e. The van der Waals surface area contributed by atoms with E-state index in [-0.39, 0.29) is 12.0 Å². The molecule has 3 heterocycles. The van der Waals surface area contributed by atoms with Gasteiger partial charge in [-0.1, -0.05) is 30.3 Å². The summed E-state index contributed by atoms with van der Waals surface area (Å²) in [4.78, 5) is 23.3. The maximum atomic E-state index is 13.6. The van der Waals surface area contributed by atoms with Gasteiger partial charge in [-0.15, -0.1) is 5.10 Å². The Morgan fingerprint density at radius 3 is 2.47 bits per heavy atom. The van der Waals surface area contributed by atoms with Gasteiger partial charge in [0, 0.05) is 38.3 Å². The van der Waals surface area contributed by atoms with E-state index in [2.05, 4.69) is 41.9 Å². The van der Waals surface area contributed by atoms with E-state index in [9.17, 15) is 18.0 Å². The molecule has 8 nitrogen and oxygen atoms in total. The minimum absolute atomic E-state index is 0.0840. The Kier molecular flexibility index (Phi) is 7.09. The molecule has 1 aliphatic rings. The Hall–Kier alpha value is -3.76. The summed E-state index contributed by atoms with van der Waals surface area (Å²) < 4.78 is 45.2. The van der Waals surface area contributed by atoms with Gasteiger partial charge in [0.25, 0.3) is 0 Å². The minimum atomic E-state index is -4.82. The van der Waals surface area contributed by atoms with Crippen LogP contribution in [0.4, 0.5) is 24.9 Å². The van der Waals surface area contributed by atoms with Gasteiger partial charge in [-0.05, 0) is 37.5 Å². The molecule has 0 amide bonds. The number of carbonyl (C=O) groups is 1. The van der Waals surface area contributed by atoms with Gasteiger partial charge in [0.15, 0.2) is 11.5 Å². The van der Waals surface area contributed by atoms with Crippen molar-refractivity contribution in [1.29, 1.82) is 0 Å². The zero-order chi connectivity index (χ0) is 26.0. The van der Waals surface area contributed by atoms with Gasteiger partial charge in [0.1, 0.15) is 5.56 Å². The van der Waals surface area contributed by atoms with Crippen molar-refractivity contribution in [1.82, 2.24) is 20.2 Å². The Bertz CT molecular complexity index is 1250. The standard InChI is InChI=1S/C25H27F3N6O2/c1-15-14-33(22-17(3)16(2)20(31-32-22)12-18-8-6-5-7-9-18)10-11-34(15)24-29-13-19(23(35)36-4)21(30-24)25(26,27)28/h5-9,13,15H,10-12,14H2,1-4H3. The molecule has 36 heavy (non-hydrogen) atoms. The molecule has 0 bridgehead atoms. The smallest absolute Gasteiger partial charge is 0.434 e. The summed E-state index contributed by atoms with van der Waals surface area (Å²) in [5.41, 5.74) is 2.14. The van der Waals surface area contributed by atoms with Crippen molar-refractivity contribution in [3.8, 4) is 0 Å². The lowest BCUT2D eigenvalue weighted by atomic mass is 10.0. The fourth-order valence-electron chi connectivity index (χ4n) is 4.33. The van der Waals surface area contributed by atoms with Crippen molar-refractivity contribution in [2.75, 3.05) is 36.5 Å². The summed E-state index contributed by atoms with van der Waals surface area (Å²) in [5, 5.41) is 8.99. The maximum Gasteiger partial charge on any atom is 0.434 e. The molecule has 1 aliphatic heterocycles. The number of methoxy groups -OCH3 is 1. The first kappa shape index (κ1) is 25.3. The van der Waals surface area contributed by atoms with Crippen LogP contribution < -0.4 is 9.80 Å². The number of esters is 1. The molecule has 0 N–H and O–H groups in total. The molecule has 1 saturated heterocycles. The van der Waals surface area contributed by atoms with Crippen LogP contribution in [0.15, 0.2) is 36.5 Å². The molecule has 1 fully saturated rings. The van der Waals surface area contributed by atoms with Gasteiger partial charge in [-0.3, -0.25) is 0 Å². The fourth-order valence-corrected chi connectivity index (χ4v) is 4.33. The van der Waals surface area contributed by atoms with Crippen molar-refractivity contribution < 1.29 is 22.7 Å². The van der Waals surface area contributed by atoms with Crippen molar-refractivity contribution in [2.45, 2.75) is 39.4 Å². The second-order valence-corrected chi connectivity index (χ2v) is 8.79. The van der Waals surface area contributed by atoms with Gasteiger partial charge in [0.2, 0.25) is 5.95 Å². The van der Waals surface area contributed by atoms with Crippen LogP contribution in [0.25, 0.3) is 0 Å². The second-order valence-electron chi connectivity index (χ2n) is 8.79. The highest BCUT2D eigenvalue weighted by Crippen LogP contribution is 2.33. The van der Waals surface area contributed by atoms with Gasteiger partial charge >= 0.3 is 12.1 Å². The lowest BCUT2D eigenvalue weighted by molar-refractivity contribution is -0.141. The number of aromatic nitrogens is 4. The van der Waals surface area contributed by atoms with Crippen molar-refractivity contribution in [3.05, 3.63) is 70.2 Å². The Morgan fingerprint density at radius 2 is 1.83 bits per heavy atom. The Morgan fingerprint density at radius 1 is 1.11 bits per heavy atom. The number of hydrogen-bond donors (Lipinski definition) is 0. The first-order valence-corrected chi connectivity index (χ1v) is 11.5. The van der Waals surface area contributed by atoms with E-state index in [1.807, 2.05) is 39.0 Å². The van der Waals surface area contributed by atoms with Crippen LogP contribution in [-0.4, -0.2) is 58.9 Å². The SMILES string of the molecule is COC(=O)c1cnc(N2CCN(c3nnc(Cc4ccccc4)c(C)c3C)CC2C)nc1C(F)(F)F. The number of rotatable bonds is 5. The highest BCUT2D eigenvalue weighted by molar-refractivity contribution is 5.90. The summed E-state index contributed by atoms with van der Waals surface area (Å²) in [6.07, 6.45) is -3.26. The monoisotopic (exact) mass is 500 g/mol. The molecule has 2 aromatic heterocycles. The lowest BCUT2D eigenvalue weighted by Crippen LogP contribution is -2.53. The van der Waals surface area contributed by atoms with E-state index < -0.39 is 23.4 Å². The van der Waals surface area contributed by atoms with Gasteiger partial charge in [-0.2, -0.15) is 18.3 Å². The van der Waals surface area contributed by atoms with E-state index in [0.29, 0.717) is 26.1 Å². The van der Waals surface area contributed by atoms with Crippen molar-refractivity contribution in [3.63, 3.8) is 0 Å². The lowest BCUT2D eigenvalue weighted by Gasteiger charge is -2.41. The second kappa shape index (κ2) is 10.1. The Balaban J connectivity index is 1.54. The topological polar surface area (TPSA) is 84.3 Å². The molecule has 4 rings (SSSR count). The van der Waals surface area contributed by atoms with Crippen LogP contribution in [0, 0.1) is 13.8 Å². The molecule has 0 saturated carbocycles. The predicted molar refractivity (Wildman–Crippen MR) is 128 cm³/mol. The van der Waals surface area contributed by atoms with Crippen LogP contribution >= 0.6 is 0 Å². The molecule has 190 valence electrons. The summed E-state index contributed by atoms with van der Waals surface area (Å²) in [6.45, 7) is 7.30. The molecular weight excluding hydrogens is 473 g/mol. The molecule has 1 unspecified atom stereocenters. The molecule has 11 heteroatoms. The molecular formula is C25H27F3N6O2. The maximum absolute atomic E-state index is 13.6. The normalized spacial score (nSPS) is 16.2. The number of hydrogen-bond acceptors (Lipinski definition) is 8. The quantitative estimate of drug-likeness (QED) is 0.487. The predicted octanol–water partition coefficient (Wildman–Crippen LogP) is 3.99. The van der Waals surface area contributed by atoms with E-state index in [4.69, 9.17) is 0 Å². The van der Waals surface area contributed by atoms with E-state index in [1.54, 1.807) is 4.90 Å².